The maximum absolute atomic E-state index is 13.5. The summed E-state index contributed by atoms with van der Waals surface area (Å²) in [6, 6.07) is 7.17. The number of hydrogen-bond donors (Lipinski definition) is 1. The first-order valence-corrected chi connectivity index (χ1v) is 11.9. The summed E-state index contributed by atoms with van der Waals surface area (Å²) < 4.78 is 33.6. The second-order valence-corrected chi connectivity index (χ2v) is 8.99. The van der Waals surface area contributed by atoms with E-state index in [2.05, 4.69) is 37.3 Å². The quantitative estimate of drug-likeness (QED) is 0.381. The first-order chi connectivity index (χ1) is 17.9. The number of alkyl halides is 2. The van der Waals surface area contributed by atoms with Crippen LogP contribution in [0.25, 0.3) is 16.9 Å². The summed E-state index contributed by atoms with van der Waals surface area (Å²) in [5, 5.41) is 11.3. The Bertz CT molecular complexity index is 1600. The summed E-state index contributed by atoms with van der Waals surface area (Å²) in [5.74, 6) is 6.15. The van der Waals surface area contributed by atoms with Crippen molar-refractivity contribution in [2.75, 3.05) is 12.4 Å². The number of methoxy groups -OCH3 is 1. The number of rotatable bonds is 6. The third kappa shape index (κ3) is 5.36. The van der Waals surface area contributed by atoms with E-state index in [0.717, 1.165) is 36.4 Å². The third-order valence-corrected chi connectivity index (χ3v) is 6.19. The molecule has 1 aliphatic carbocycles. The molecule has 1 aliphatic rings. The van der Waals surface area contributed by atoms with Gasteiger partial charge in [-0.05, 0) is 37.0 Å². The molecule has 37 heavy (non-hydrogen) atoms. The monoisotopic (exact) mass is 520 g/mol. The van der Waals surface area contributed by atoms with Gasteiger partial charge in [-0.15, -0.1) is 10.2 Å². The Morgan fingerprint density at radius 1 is 1.19 bits per heavy atom. The molecule has 0 aromatic carbocycles. The molecule has 4 heterocycles. The number of anilines is 1. The Kier molecular flexibility index (Phi) is 6.70. The zero-order chi connectivity index (χ0) is 25.9. The molecule has 0 aliphatic heterocycles. The van der Waals surface area contributed by atoms with Crippen LogP contribution in [0.3, 0.4) is 0 Å². The van der Waals surface area contributed by atoms with Gasteiger partial charge in [-0.2, -0.15) is 0 Å². The van der Waals surface area contributed by atoms with Crippen LogP contribution >= 0.6 is 11.3 Å². The first kappa shape index (κ1) is 24.2. The van der Waals surface area contributed by atoms with Crippen LogP contribution in [0.15, 0.2) is 53.7 Å². The minimum absolute atomic E-state index is 0.0401. The van der Waals surface area contributed by atoms with E-state index in [9.17, 15) is 18.4 Å². The van der Waals surface area contributed by atoms with Crippen LogP contribution in [0.5, 0.6) is 5.75 Å². The molecule has 0 radical (unpaired) electrons. The van der Waals surface area contributed by atoms with E-state index in [4.69, 9.17) is 4.74 Å². The van der Waals surface area contributed by atoms with Gasteiger partial charge >= 0.3 is 0 Å². The van der Waals surface area contributed by atoms with Crippen LogP contribution in [0.4, 0.5) is 13.9 Å². The van der Waals surface area contributed by atoms with Gasteiger partial charge in [0.2, 0.25) is 5.13 Å². The second kappa shape index (κ2) is 10.2. The predicted octanol–water partition coefficient (Wildman–Crippen LogP) is 4.11. The molecule has 0 unspecified atom stereocenters. The summed E-state index contributed by atoms with van der Waals surface area (Å²) in [4.78, 5) is 33.7. The number of carbonyl (C=O) groups excluding carboxylic acids is 1. The molecule has 0 bridgehead atoms. The molecule has 1 fully saturated rings. The van der Waals surface area contributed by atoms with Crippen molar-refractivity contribution in [3.8, 4) is 34.5 Å². The second-order valence-electron chi connectivity index (χ2n) is 8.02. The van der Waals surface area contributed by atoms with Gasteiger partial charge in [0, 0.05) is 35.5 Å². The zero-order valence-electron chi connectivity index (χ0n) is 19.3. The van der Waals surface area contributed by atoms with Crippen LogP contribution in [0.1, 0.15) is 40.3 Å². The fourth-order valence-corrected chi connectivity index (χ4v) is 4.03. The number of nitrogens with one attached hydrogen (secondary N) is 1. The summed E-state index contributed by atoms with van der Waals surface area (Å²) in [6.07, 6.45) is 3.22. The standard InChI is InChI=1S/C25H18F2N6O3S/c1-36-19-13-28-18(23(26)27)10-16(19)15-11-20(33-9-3-2-4-22(33)34)29-12-17(15)24(35)30-25-32-31-21(37-25)8-7-14-5-6-14/h2-4,9-14,23H,5-6H2,1H3,(H,30,32,35). The largest absolute Gasteiger partial charge is 0.494 e. The van der Waals surface area contributed by atoms with Crippen molar-refractivity contribution in [1.82, 2.24) is 24.7 Å². The lowest BCUT2D eigenvalue weighted by molar-refractivity contribution is 0.102. The van der Waals surface area contributed by atoms with Crippen molar-refractivity contribution in [3.05, 3.63) is 75.5 Å². The van der Waals surface area contributed by atoms with Gasteiger partial charge in [-0.3, -0.25) is 24.5 Å². The average Bonchev–Trinajstić information content (AvgIpc) is 3.64. The molecular weight excluding hydrogens is 502 g/mol. The Hall–Kier alpha value is -4.50. The third-order valence-electron chi connectivity index (χ3n) is 5.43. The van der Waals surface area contributed by atoms with E-state index in [1.807, 2.05) is 0 Å². The van der Waals surface area contributed by atoms with Gasteiger partial charge in [0.1, 0.15) is 17.3 Å². The fraction of sp³-hybridized carbons (Fsp3) is 0.200. The van der Waals surface area contributed by atoms with E-state index in [0.29, 0.717) is 10.9 Å². The lowest BCUT2D eigenvalue weighted by atomic mass is 10.00. The van der Waals surface area contributed by atoms with Crippen molar-refractivity contribution in [2.24, 2.45) is 5.92 Å². The normalized spacial score (nSPS) is 12.6. The van der Waals surface area contributed by atoms with E-state index >= 15 is 0 Å². The molecule has 1 amide bonds. The Morgan fingerprint density at radius 2 is 2.03 bits per heavy atom. The summed E-state index contributed by atoms with van der Waals surface area (Å²) in [5.41, 5.74) is -0.433. The van der Waals surface area contributed by atoms with Crippen molar-refractivity contribution >= 4 is 22.4 Å². The summed E-state index contributed by atoms with van der Waals surface area (Å²) in [6.45, 7) is 0. The molecule has 1 N–H and O–H groups in total. The van der Waals surface area contributed by atoms with E-state index in [1.165, 1.54) is 36.2 Å². The Balaban J connectivity index is 1.58. The number of pyridine rings is 3. The van der Waals surface area contributed by atoms with Gasteiger partial charge in [-0.1, -0.05) is 23.3 Å². The number of halogens is 2. The molecule has 4 aromatic rings. The zero-order valence-corrected chi connectivity index (χ0v) is 20.1. The lowest BCUT2D eigenvalue weighted by Gasteiger charge is -2.15. The van der Waals surface area contributed by atoms with Crippen molar-refractivity contribution in [3.63, 3.8) is 0 Å². The summed E-state index contributed by atoms with van der Waals surface area (Å²) in [7, 11) is 1.36. The van der Waals surface area contributed by atoms with Gasteiger partial charge in [0.15, 0.2) is 5.01 Å². The predicted molar refractivity (Wildman–Crippen MR) is 132 cm³/mol. The van der Waals surface area contributed by atoms with Crippen LogP contribution in [-0.4, -0.2) is 37.7 Å². The minimum atomic E-state index is -2.85. The number of amides is 1. The number of hydrogen-bond acceptors (Lipinski definition) is 8. The number of aromatic nitrogens is 5. The minimum Gasteiger partial charge on any atom is -0.494 e. The molecule has 1 saturated carbocycles. The number of nitrogens with zero attached hydrogens (tertiary/aromatic N) is 5. The van der Waals surface area contributed by atoms with Crippen molar-refractivity contribution in [2.45, 2.75) is 19.3 Å². The molecule has 0 spiro atoms. The Labute approximate surface area is 213 Å². The van der Waals surface area contributed by atoms with Crippen LogP contribution in [0, 0.1) is 17.8 Å². The highest BCUT2D eigenvalue weighted by Crippen LogP contribution is 2.35. The maximum Gasteiger partial charge on any atom is 0.280 e. The highest BCUT2D eigenvalue weighted by molar-refractivity contribution is 7.15. The van der Waals surface area contributed by atoms with E-state index < -0.39 is 18.0 Å². The topological polar surface area (TPSA) is 112 Å². The lowest BCUT2D eigenvalue weighted by Crippen LogP contribution is -2.19. The number of ether oxygens (including phenoxy) is 1. The first-order valence-electron chi connectivity index (χ1n) is 11.1. The van der Waals surface area contributed by atoms with Gasteiger partial charge in [-0.25, -0.2) is 13.8 Å². The van der Waals surface area contributed by atoms with Gasteiger partial charge < -0.3 is 4.74 Å². The highest BCUT2D eigenvalue weighted by Gasteiger charge is 2.22. The SMILES string of the molecule is COc1cnc(C(F)F)cc1-c1cc(-n2ccccc2=O)ncc1C(=O)Nc1nnc(C#CC2CC2)s1. The molecule has 9 nitrogen and oxygen atoms in total. The average molecular weight is 521 g/mol. The van der Waals surface area contributed by atoms with Crippen LogP contribution < -0.4 is 15.6 Å². The fourth-order valence-electron chi connectivity index (χ4n) is 3.43. The van der Waals surface area contributed by atoms with Crippen molar-refractivity contribution < 1.29 is 18.3 Å². The molecular formula is C25H18F2N6O3S. The summed E-state index contributed by atoms with van der Waals surface area (Å²) >= 11 is 1.12. The molecule has 0 atom stereocenters. The van der Waals surface area contributed by atoms with Gasteiger partial charge in [0.05, 0.1) is 18.9 Å². The van der Waals surface area contributed by atoms with E-state index in [1.54, 1.807) is 12.1 Å². The van der Waals surface area contributed by atoms with Gasteiger partial charge in [0.25, 0.3) is 17.9 Å². The van der Waals surface area contributed by atoms with E-state index in [-0.39, 0.29) is 38.9 Å². The Morgan fingerprint density at radius 3 is 2.76 bits per heavy atom. The highest BCUT2D eigenvalue weighted by atomic mass is 32.1. The molecule has 12 heteroatoms. The molecule has 5 rings (SSSR count). The van der Waals surface area contributed by atoms with Crippen LogP contribution in [0.2, 0.25) is 0 Å². The number of carbonyl (C=O) groups is 1. The van der Waals surface area contributed by atoms with Crippen molar-refractivity contribution in [1.29, 1.82) is 0 Å². The smallest absolute Gasteiger partial charge is 0.280 e. The van der Waals surface area contributed by atoms with Crippen LogP contribution in [-0.2, 0) is 0 Å². The molecule has 186 valence electrons. The molecule has 4 aromatic heterocycles. The molecule has 0 saturated heterocycles. The maximum atomic E-state index is 13.5.